The molecule has 148 valence electrons. The third kappa shape index (κ3) is 4.75. The maximum absolute atomic E-state index is 12.5. The molecule has 0 saturated carbocycles. The number of cyclic esters (lactones) is 1. The summed E-state index contributed by atoms with van der Waals surface area (Å²) < 4.78 is 9.96. The number of methoxy groups -OCH3 is 1. The lowest BCUT2D eigenvalue weighted by atomic mass is 9.97. The lowest BCUT2D eigenvalue weighted by Crippen LogP contribution is -2.55. The highest BCUT2D eigenvalue weighted by Gasteiger charge is 2.45. The highest BCUT2D eigenvalue weighted by atomic mass is 32.2. The van der Waals surface area contributed by atoms with Crippen molar-refractivity contribution in [2.75, 3.05) is 38.8 Å². The van der Waals surface area contributed by atoms with Gasteiger partial charge < -0.3 is 19.7 Å². The fraction of sp³-hybridized carbons (Fsp3) is 0.824. The average molecular weight is 388 g/mol. The topological polar surface area (TPSA) is 88.2 Å². The van der Waals surface area contributed by atoms with Crippen LogP contribution in [0.25, 0.3) is 0 Å². The van der Waals surface area contributed by atoms with E-state index in [1.807, 2.05) is 20.1 Å². The molecule has 2 heterocycles. The van der Waals surface area contributed by atoms with Crippen molar-refractivity contribution in [3.63, 3.8) is 0 Å². The van der Waals surface area contributed by atoms with Crippen molar-refractivity contribution in [2.45, 2.75) is 50.7 Å². The average Bonchev–Trinajstić information content (AvgIpc) is 2.90. The van der Waals surface area contributed by atoms with Crippen molar-refractivity contribution in [1.29, 1.82) is 0 Å². The van der Waals surface area contributed by atoms with Crippen LogP contribution >= 0.6 is 11.8 Å². The first-order valence-electron chi connectivity index (χ1n) is 8.88. The van der Waals surface area contributed by atoms with Crippen molar-refractivity contribution in [3.05, 3.63) is 0 Å². The molecule has 2 rings (SSSR count). The number of ether oxygens (including phenoxy) is 2. The highest BCUT2D eigenvalue weighted by Crippen LogP contribution is 2.30. The Hall–Kier alpha value is -1.64. The number of amides is 3. The first-order chi connectivity index (χ1) is 12.3. The van der Waals surface area contributed by atoms with Crippen molar-refractivity contribution in [2.24, 2.45) is 0 Å². The lowest BCUT2D eigenvalue weighted by molar-refractivity contribution is -0.142. The first kappa shape index (κ1) is 20.7. The number of esters is 1. The second-order valence-corrected chi connectivity index (χ2v) is 8.25. The van der Waals surface area contributed by atoms with E-state index < -0.39 is 12.0 Å². The molecule has 8 nitrogen and oxygen atoms in total. The van der Waals surface area contributed by atoms with Gasteiger partial charge in [0.05, 0.1) is 12.6 Å². The van der Waals surface area contributed by atoms with Gasteiger partial charge in [-0.1, -0.05) is 0 Å². The molecule has 3 amide bonds. The molecule has 1 atom stereocenters. The second kappa shape index (κ2) is 8.83. The monoisotopic (exact) mass is 387 g/mol. The fourth-order valence-corrected chi connectivity index (χ4v) is 3.93. The number of thioether (sulfide) groups is 1. The van der Waals surface area contributed by atoms with Gasteiger partial charge in [-0.05, 0) is 45.1 Å². The summed E-state index contributed by atoms with van der Waals surface area (Å²) in [7, 11) is 1.32. The van der Waals surface area contributed by atoms with Gasteiger partial charge in [-0.2, -0.15) is 11.8 Å². The summed E-state index contributed by atoms with van der Waals surface area (Å²) in [4.78, 5) is 39.9. The number of carbonyl (C=O) groups is 3. The van der Waals surface area contributed by atoms with Crippen molar-refractivity contribution in [3.8, 4) is 0 Å². The molecule has 2 aliphatic rings. The molecule has 2 saturated heterocycles. The summed E-state index contributed by atoms with van der Waals surface area (Å²) >= 11 is 1.61. The Kier molecular flexibility index (Phi) is 7.02. The smallest absolute Gasteiger partial charge is 0.410 e. The molecule has 0 bridgehead atoms. The van der Waals surface area contributed by atoms with E-state index in [0.29, 0.717) is 39.0 Å². The predicted molar refractivity (Wildman–Crippen MR) is 99.2 cm³/mol. The van der Waals surface area contributed by atoms with Crippen molar-refractivity contribution in [1.82, 2.24) is 15.1 Å². The Balaban J connectivity index is 1.89. The zero-order chi connectivity index (χ0) is 19.3. The Labute approximate surface area is 158 Å². The first-order valence-corrected chi connectivity index (χ1v) is 10.3. The molecule has 9 heteroatoms. The van der Waals surface area contributed by atoms with Crippen LogP contribution in [0.3, 0.4) is 0 Å². The maximum Gasteiger partial charge on any atom is 0.410 e. The van der Waals surface area contributed by atoms with Gasteiger partial charge >= 0.3 is 18.1 Å². The maximum atomic E-state index is 12.5. The number of rotatable bonds is 6. The largest absolute Gasteiger partial charge is 0.467 e. The molecule has 1 N–H and O–H groups in total. The van der Waals surface area contributed by atoms with Crippen LogP contribution in [-0.4, -0.2) is 84.3 Å². The Morgan fingerprint density at radius 2 is 2.04 bits per heavy atom. The van der Waals surface area contributed by atoms with Gasteiger partial charge in [0, 0.05) is 19.1 Å². The molecule has 2 fully saturated rings. The van der Waals surface area contributed by atoms with Crippen LogP contribution in [-0.2, 0) is 14.3 Å². The van der Waals surface area contributed by atoms with E-state index in [9.17, 15) is 14.4 Å². The fourth-order valence-electron chi connectivity index (χ4n) is 3.46. The highest BCUT2D eigenvalue weighted by molar-refractivity contribution is 7.98. The van der Waals surface area contributed by atoms with E-state index in [1.165, 1.54) is 7.11 Å². The number of hydrogen-bond acceptors (Lipinski definition) is 6. The minimum absolute atomic E-state index is 0.0666. The number of nitrogens with one attached hydrogen (secondary N) is 1. The Bertz CT molecular complexity index is 534. The van der Waals surface area contributed by atoms with Gasteiger partial charge in [0.1, 0.15) is 12.6 Å². The zero-order valence-corrected chi connectivity index (χ0v) is 16.8. The van der Waals surface area contributed by atoms with E-state index in [4.69, 9.17) is 9.47 Å². The van der Waals surface area contributed by atoms with Crippen LogP contribution in [0.2, 0.25) is 0 Å². The number of nitrogens with zero attached hydrogens (tertiary/aromatic N) is 2. The molecule has 0 spiro atoms. The summed E-state index contributed by atoms with van der Waals surface area (Å²) in [6.45, 7) is 5.44. The third-order valence-electron chi connectivity index (χ3n) is 4.91. The Morgan fingerprint density at radius 1 is 1.38 bits per heavy atom. The summed E-state index contributed by atoms with van der Waals surface area (Å²) in [5, 5.41) is 2.78. The second-order valence-electron chi connectivity index (χ2n) is 7.26. The minimum Gasteiger partial charge on any atom is -0.467 e. The zero-order valence-electron chi connectivity index (χ0n) is 15.9. The van der Waals surface area contributed by atoms with Crippen LogP contribution in [0.1, 0.15) is 33.1 Å². The molecule has 0 aromatic heterocycles. The van der Waals surface area contributed by atoms with Crippen LogP contribution in [0.4, 0.5) is 9.59 Å². The molecule has 0 aromatic rings. The molecule has 26 heavy (non-hydrogen) atoms. The number of urea groups is 1. The normalized spacial score (nSPS) is 21.3. The molecule has 0 aliphatic carbocycles. The van der Waals surface area contributed by atoms with E-state index in [-0.39, 0.29) is 23.7 Å². The number of carbonyl (C=O) groups excluding carboxylic acids is 3. The van der Waals surface area contributed by atoms with Gasteiger partial charge in [0.2, 0.25) is 0 Å². The van der Waals surface area contributed by atoms with E-state index >= 15 is 0 Å². The molecule has 0 aromatic carbocycles. The third-order valence-corrected chi connectivity index (χ3v) is 5.55. The summed E-state index contributed by atoms with van der Waals surface area (Å²) in [5.41, 5.74) is -0.319. The predicted octanol–water partition coefficient (Wildman–Crippen LogP) is 1.69. The Morgan fingerprint density at radius 3 is 2.54 bits per heavy atom. The summed E-state index contributed by atoms with van der Waals surface area (Å²) in [6, 6.07) is -0.828. The summed E-state index contributed by atoms with van der Waals surface area (Å²) in [6.07, 6.45) is 3.59. The number of hydrogen-bond donors (Lipinski definition) is 1. The van der Waals surface area contributed by atoms with Gasteiger partial charge in [-0.15, -0.1) is 0 Å². The van der Waals surface area contributed by atoms with Gasteiger partial charge in [0.25, 0.3) is 0 Å². The molecule has 2 aliphatic heterocycles. The SMILES string of the molecule is COC(=O)C(CCSC)NC(=O)N1CCC(N2C(=O)OCC2(C)C)CC1. The minimum atomic E-state index is -0.634. The number of piperidine rings is 1. The van der Waals surface area contributed by atoms with Crippen molar-refractivity contribution >= 4 is 29.9 Å². The van der Waals surface area contributed by atoms with Gasteiger partial charge in [0.15, 0.2) is 0 Å². The van der Waals surface area contributed by atoms with Crippen LogP contribution < -0.4 is 5.32 Å². The number of likely N-dealkylation sites (tertiary alicyclic amines) is 1. The van der Waals surface area contributed by atoms with Crippen LogP contribution in [0.15, 0.2) is 0 Å². The molecular formula is C17H29N3O5S. The van der Waals surface area contributed by atoms with Gasteiger partial charge in [-0.25, -0.2) is 14.4 Å². The van der Waals surface area contributed by atoms with E-state index in [0.717, 1.165) is 5.75 Å². The van der Waals surface area contributed by atoms with E-state index in [1.54, 1.807) is 21.6 Å². The van der Waals surface area contributed by atoms with Crippen LogP contribution in [0.5, 0.6) is 0 Å². The summed E-state index contributed by atoms with van der Waals surface area (Å²) in [5.74, 6) is 0.331. The standard InChI is InChI=1S/C17H29N3O5S/c1-17(2)11-25-16(23)20(17)12-5-8-19(9-6-12)15(22)18-13(7-10-26-4)14(21)24-3/h12-13H,5-11H2,1-4H3,(H,18,22). The molecular weight excluding hydrogens is 358 g/mol. The lowest BCUT2D eigenvalue weighted by Gasteiger charge is -2.40. The van der Waals surface area contributed by atoms with E-state index in [2.05, 4.69) is 5.32 Å². The van der Waals surface area contributed by atoms with Crippen molar-refractivity contribution < 1.29 is 23.9 Å². The molecule has 1 unspecified atom stereocenters. The molecule has 0 radical (unpaired) electrons. The van der Waals surface area contributed by atoms with Gasteiger partial charge in [-0.3, -0.25) is 4.90 Å². The van der Waals surface area contributed by atoms with Crippen LogP contribution in [0, 0.1) is 0 Å². The quantitative estimate of drug-likeness (QED) is 0.698.